The van der Waals surface area contributed by atoms with Gasteiger partial charge in [0.1, 0.15) is 11.4 Å². The molecule has 1 amide bonds. The van der Waals surface area contributed by atoms with Gasteiger partial charge in [-0.05, 0) is 19.2 Å². The number of nitrogens with zero attached hydrogens (tertiary/aromatic N) is 2. The maximum Gasteiger partial charge on any atom is 0.415 e. The second kappa shape index (κ2) is 4.42. The van der Waals surface area contributed by atoms with Gasteiger partial charge < -0.3 is 14.7 Å². The molecule has 5 nitrogen and oxygen atoms in total. The lowest BCUT2D eigenvalue weighted by atomic mass is 9.91. The van der Waals surface area contributed by atoms with Crippen molar-refractivity contribution in [3.63, 3.8) is 0 Å². The Morgan fingerprint density at radius 3 is 2.74 bits per heavy atom. The van der Waals surface area contributed by atoms with Crippen molar-refractivity contribution in [1.82, 2.24) is 4.90 Å². The predicted molar refractivity (Wildman–Crippen MR) is 71.4 cm³/mol. The van der Waals surface area contributed by atoms with Crippen LogP contribution in [0.15, 0.2) is 24.3 Å². The summed E-state index contributed by atoms with van der Waals surface area (Å²) in [5.74, 6) is 0.162. The number of phenolic OH excluding ortho intramolecular Hbond substituents is 1. The molecule has 0 unspecified atom stereocenters. The van der Waals surface area contributed by atoms with E-state index in [1.165, 1.54) is 0 Å². The molecule has 0 atom stereocenters. The standard InChI is InChI=1S/C14H18N2O3/c1-15-7-5-14(6-8-15)10-16(13(18)19-14)11-3-2-4-12(17)9-11/h2-4,9,17H,5-8,10H2,1H3. The lowest BCUT2D eigenvalue weighted by molar-refractivity contribution is 0.00678. The zero-order valence-corrected chi connectivity index (χ0v) is 11.0. The molecule has 0 bridgehead atoms. The number of piperidine rings is 1. The number of amides is 1. The van der Waals surface area contributed by atoms with E-state index in [1.54, 1.807) is 23.1 Å². The third-order valence-corrected chi connectivity index (χ3v) is 4.01. The first-order valence-corrected chi connectivity index (χ1v) is 6.56. The fraction of sp³-hybridized carbons (Fsp3) is 0.500. The van der Waals surface area contributed by atoms with Gasteiger partial charge in [0.25, 0.3) is 0 Å². The summed E-state index contributed by atoms with van der Waals surface area (Å²) in [5.41, 5.74) is 0.343. The fourth-order valence-corrected chi connectivity index (χ4v) is 2.77. The third kappa shape index (κ3) is 2.26. The molecule has 1 aromatic rings. The monoisotopic (exact) mass is 262 g/mol. The van der Waals surface area contributed by atoms with Crippen LogP contribution in [0.25, 0.3) is 0 Å². The zero-order chi connectivity index (χ0) is 13.5. The van der Waals surface area contributed by atoms with Crippen LogP contribution in [0.3, 0.4) is 0 Å². The minimum Gasteiger partial charge on any atom is -0.508 e. The molecule has 0 aromatic heterocycles. The van der Waals surface area contributed by atoms with Crippen LogP contribution >= 0.6 is 0 Å². The van der Waals surface area contributed by atoms with Gasteiger partial charge in [0.2, 0.25) is 0 Å². The van der Waals surface area contributed by atoms with Crippen LogP contribution in [0, 0.1) is 0 Å². The number of carbonyl (C=O) groups excluding carboxylic acids is 1. The molecular formula is C14H18N2O3. The Labute approximate surface area is 112 Å². The normalized spacial score (nSPS) is 22.8. The van der Waals surface area contributed by atoms with Crippen molar-refractivity contribution in [3.8, 4) is 5.75 Å². The third-order valence-electron chi connectivity index (χ3n) is 4.01. The summed E-state index contributed by atoms with van der Waals surface area (Å²) in [7, 11) is 2.08. The maximum absolute atomic E-state index is 12.0. The first kappa shape index (κ1) is 12.3. The van der Waals surface area contributed by atoms with Crippen molar-refractivity contribution in [1.29, 1.82) is 0 Å². The van der Waals surface area contributed by atoms with E-state index in [1.807, 2.05) is 6.07 Å². The Morgan fingerprint density at radius 1 is 1.32 bits per heavy atom. The lowest BCUT2D eigenvalue weighted by Crippen LogP contribution is -2.45. The molecule has 0 radical (unpaired) electrons. The van der Waals surface area contributed by atoms with Crippen LogP contribution in [0.1, 0.15) is 12.8 Å². The number of phenols is 1. The lowest BCUT2D eigenvalue weighted by Gasteiger charge is -2.35. The van der Waals surface area contributed by atoms with Gasteiger partial charge in [-0.2, -0.15) is 0 Å². The van der Waals surface area contributed by atoms with E-state index < -0.39 is 0 Å². The van der Waals surface area contributed by atoms with Crippen LogP contribution in [-0.2, 0) is 4.74 Å². The Balaban J connectivity index is 1.80. The van der Waals surface area contributed by atoms with Crippen molar-refractivity contribution >= 4 is 11.8 Å². The Kier molecular flexibility index (Phi) is 2.86. The topological polar surface area (TPSA) is 53.0 Å². The molecule has 2 saturated heterocycles. The van der Waals surface area contributed by atoms with Crippen LogP contribution in [0.4, 0.5) is 10.5 Å². The number of anilines is 1. The van der Waals surface area contributed by atoms with Crippen LogP contribution in [0.2, 0.25) is 0 Å². The number of likely N-dealkylation sites (tertiary alicyclic amines) is 1. The van der Waals surface area contributed by atoms with E-state index in [9.17, 15) is 9.90 Å². The van der Waals surface area contributed by atoms with Gasteiger partial charge >= 0.3 is 6.09 Å². The first-order valence-electron chi connectivity index (χ1n) is 6.56. The van der Waals surface area contributed by atoms with E-state index >= 15 is 0 Å². The van der Waals surface area contributed by atoms with Crippen molar-refractivity contribution < 1.29 is 14.6 Å². The molecule has 3 rings (SSSR count). The van der Waals surface area contributed by atoms with Gasteiger partial charge in [-0.1, -0.05) is 6.07 Å². The molecule has 0 saturated carbocycles. The molecule has 2 fully saturated rings. The Bertz CT molecular complexity index is 495. The summed E-state index contributed by atoms with van der Waals surface area (Å²) in [6, 6.07) is 6.73. The summed E-state index contributed by atoms with van der Waals surface area (Å²) < 4.78 is 5.62. The molecule has 2 heterocycles. The quantitative estimate of drug-likeness (QED) is 0.838. The number of hydrogen-bond acceptors (Lipinski definition) is 4. The van der Waals surface area contributed by atoms with Crippen LogP contribution in [0.5, 0.6) is 5.75 Å². The van der Waals surface area contributed by atoms with E-state index in [2.05, 4.69) is 11.9 Å². The molecule has 19 heavy (non-hydrogen) atoms. The molecular weight excluding hydrogens is 244 g/mol. The highest BCUT2D eigenvalue weighted by molar-refractivity contribution is 5.90. The second-order valence-electron chi connectivity index (χ2n) is 5.46. The summed E-state index contributed by atoms with van der Waals surface area (Å²) in [4.78, 5) is 15.9. The maximum atomic E-state index is 12.0. The molecule has 2 aliphatic rings. The van der Waals surface area contributed by atoms with Gasteiger partial charge in [-0.15, -0.1) is 0 Å². The van der Waals surface area contributed by atoms with Gasteiger partial charge in [0, 0.05) is 32.0 Å². The van der Waals surface area contributed by atoms with Gasteiger partial charge in [0.15, 0.2) is 0 Å². The smallest absolute Gasteiger partial charge is 0.415 e. The van der Waals surface area contributed by atoms with E-state index in [4.69, 9.17) is 4.74 Å². The number of aromatic hydroxyl groups is 1. The molecule has 102 valence electrons. The number of rotatable bonds is 1. The SMILES string of the molecule is CN1CCC2(CC1)CN(c1cccc(O)c1)C(=O)O2. The van der Waals surface area contributed by atoms with Gasteiger partial charge in [-0.3, -0.25) is 4.90 Å². The summed E-state index contributed by atoms with van der Waals surface area (Å²) in [5, 5.41) is 9.51. The Morgan fingerprint density at radius 2 is 2.05 bits per heavy atom. The van der Waals surface area contributed by atoms with E-state index in [-0.39, 0.29) is 17.4 Å². The summed E-state index contributed by atoms with van der Waals surface area (Å²) >= 11 is 0. The summed E-state index contributed by atoms with van der Waals surface area (Å²) in [6.45, 7) is 2.46. The van der Waals surface area contributed by atoms with Gasteiger partial charge in [-0.25, -0.2) is 4.79 Å². The molecule has 2 aliphatic heterocycles. The number of benzene rings is 1. The molecule has 1 N–H and O–H groups in total. The highest BCUT2D eigenvalue weighted by Gasteiger charge is 2.47. The predicted octanol–water partition coefficient (Wildman–Crippen LogP) is 1.81. The molecule has 0 aliphatic carbocycles. The molecule has 1 aromatic carbocycles. The van der Waals surface area contributed by atoms with Gasteiger partial charge in [0.05, 0.1) is 12.2 Å². The highest BCUT2D eigenvalue weighted by Crippen LogP contribution is 2.35. The first-order chi connectivity index (χ1) is 9.08. The Hall–Kier alpha value is -1.75. The largest absolute Gasteiger partial charge is 0.508 e. The average molecular weight is 262 g/mol. The minimum atomic E-state index is -0.352. The number of carbonyl (C=O) groups is 1. The van der Waals surface area contributed by atoms with Crippen molar-refractivity contribution in [2.75, 3.05) is 31.6 Å². The van der Waals surface area contributed by atoms with E-state index in [0.717, 1.165) is 25.9 Å². The van der Waals surface area contributed by atoms with Crippen LogP contribution < -0.4 is 4.90 Å². The van der Waals surface area contributed by atoms with E-state index in [0.29, 0.717) is 12.2 Å². The second-order valence-corrected chi connectivity index (χ2v) is 5.46. The van der Waals surface area contributed by atoms with Crippen molar-refractivity contribution in [2.24, 2.45) is 0 Å². The molecule has 5 heteroatoms. The highest BCUT2D eigenvalue weighted by atomic mass is 16.6. The average Bonchev–Trinajstić information content (AvgIpc) is 2.71. The minimum absolute atomic E-state index is 0.162. The fourth-order valence-electron chi connectivity index (χ4n) is 2.77. The number of ether oxygens (including phenoxy) is 1. The van der Waals surface area contributed by atoms with Crippen molar-refractivity contribution in [2.45, 2.75) is 18.4 Å². The van der Waals surface area contributed by atoms with Crippen molar-refractivity contribution in [3.05, 3.63) is 24.3 Å². The number of hydrogen-bond donors (Lipinski definition) is 1. The van der Waals surface area contributed by atoms with Crippen LogP contribution in [-0.4, -0.2) is 48.4 Å². The summed E-state index contributed by atoms with van der Waals surface area (Å²) in [6.07, 6.45) is 1.42. The molecule has 1 spiro atoms. The zero-order valence-electron chi connectivity index (χ0n) is 11.0.